The van der Waals surface area contributed by atoms with E-state index in [1.165, 1.54) is 36.4 Å². The van der Waals surface area contributed by atoms with Crippen LogP contribution in [0.25, 0.3) is 5.57 Å². The number of alkyl halides is 6. The molecule has 6 nitrogen and oxygen atoms in total. The summed E-state index contributed by atoms with van der Waals surface area (Å²) in [6.07, 6.45) is -10.4. The number of halogens is 12. The first-order valence-corrected chi connectivity index (χ1v) is 20.9. The van der Waals surface area contributed by atoms with Crippen LogP contribution in [0.1, 0.15) is 112 Å². The summed E-state index contributed by atoms with van der Waals surface area (Å²) in [6, 6.07) is 11.8. The molecule has 0 aromatic heterocycles. The van der Waals surface area contributed by atoms with Gasteiger partial charge in [0.25, 0.3) is 0 Å². The summed E-state index contributed by atoms with van der Waals surface area (Å²) < 4.78 is 90.7. The molecule has 0 radical (unpaired) electrons. The first-order chi connectivity index (χ1) is 28.6. The van der Waals surface area contributed by atoms with E-state index in [-0.39, 0.29) is 52.4 Å². The largest absolute Gasteiger partial charge is 0.456 e. The number of hydrogen-bond donors (Lipinski definition) is 1. The van der Waals surface area contributed by atoms with Crippen LogP contribution in [0.2, 0.25) is 30.1 Å². The molecule has 0 N–H and O–H groups in total. The van der Waals surface area contributed by atoms with Crippen molar-refractivity contribution in [2.45, 2.75) is 90.1 Å². The van der Waals surface area contributed by atoms with Crippen molar-refractivity contribution in [3.05, 3.63) is 141 Å². The molecular weight excluding hydrogens is 983 g/mol. The molecule has 4 aromatic rings. The van der Waals surface area contributed by atoms with Gasteiger partial charge in [0.15, 0.2) is 11.6 Å². The van der Waals surface area contributed by atoms with Gasteiger partial charge < -0.3 is 9.47 Å². The fourth-order valence-corrected chi connectivity index (χ4v) is 6.99. The molecule has 0 bridgehead atoms. The topological polar surface area (TPSA) is 86.7 Å². The lowest BCUT2D eigenvalue weighted by atomic mass is 9.89. The van der Waals surface area contributed by atoms with Crippen molar-refractivity contribution < 1.29 is 55.0 Å². The van der Waals surface area contributed by atoms with Crippen LogP contribution in [-0.4, -0.2) is 47.1 Å². The molecule has 0 aliphatic rings. The molecule has 4 rings (SSSR count). The fourth-order valence-electron chi connectivity index (χ4n) is 5.53. The Morgan fingerprint density at radius 3 is 1.33 bits per heavy atom. The van der Waals surface area contributed by atoms with Gasteiger partial charge >= 0.3 is 24.3 Å². The zero-order valence-electron chi connectivity index (χ0n) is 34.5. The smallest absolute Gasteiger partial charge is 0.417 e. The van der Waals surface area contributed by atoms with Gasteiger partial charge in [-0.05, 0) is 132 Å². The number of esters is 2. The van der Waals surface area contributed by atoms with Gasteiger partial charge in [-0.3, -0.25) is 9.59 Å². The van der Waals surface area contributed by atoms with E-state index in [1.807, 2.05) is 0 Å². The first kappa shape index (κ1) is 53.9. The van der Waals surface area contributed by atoms with Crippen LogP contribution in [-0.2, 0) is 14.2 Å². The molecule has 0 saturated carbocycles. The number of aryl methyl sites for hydroxylation is 2. The number of ketones is 2. The van der Waals surface area contributed by atoms with Gasteiger partial charge in [0.2, 0.25) is 0 Å². The number of Topliss-reactive ketones (excluding diaryl/α,β-unsaturated/α-hetero) is 1. The maximum atomic E-state index is 14.0. The van der Waals surface area contributed by atoms with Crippen LogP contribution in [0.4, 0.5) is 26.3 Å². The number of carbonyl (C=O) groups is 4. The number of ether oxygens (including phenoxy) is 2. The summed E-state index contributed by atoms with van der Waals surface area (Å²) in [5.74, 6) is -2.94. The van der Waals surface area contributed by atoms with E-state index in [1.54, 1.807) is 55.4 Å². The molecule has 0 amide bonds. The highest BCUT2D eigenvalue weighted by molar-refractivity contribution is 7.81. The van der Waals surface area contributed by atoms with Crippen molar-refractivity contribution in [3.63, 3.8) is 0 Å². The Morgan fingerprint density at radius 1 is 0.587 bits per heavy atom. The highest BCUT2D eigenvalue weighted by Crippen LogP contribution is 2.50. The standard InChI is InChI=1S/C22H20Cl3F3O3S.C22H18Cl3F3O3/c1-11-7-12(5-6-14(11)19(30)31-20(2,3)4)17(29)10-21(32,22(26,27)28)13-8-15(23)18(25)16(24)9-13;1-11-7-12(5-6-14(11)20(30)31-21(2,3)4)18(29)10-15(22(26,27)28)13-8-16(23)19(25)17(24)9-13/h5-9,32H,10H2,1-4H3;5-10H,1-4H3/b;15-10+. The Hall–Kier alpha value is -3.43. The maximum Gasteiger partial charge on any atom is 0.417 e. The lowest BCUT2D eigenvalue weighted by Crippen LogP contribution is -2.39. The van der Waals surface area contributed by atoms with E-state index in [4.69, 9.17) is 79.1 Å². The summed E-state index contributed by atoms with van der Waals surface area (Å²) >= 11 is 39.0. The number of rotatable bonds is 9. The van der Waals surface area contributed by atoms with Crippen molar-refractivity contribution in [3.8, 4) is 0 Å². The van der Waals surface area contributed by atoms with Crippen LogP contribution in [0.3, 0.4) is 0 Å². The molecule has 0 heterocycles. The average molecular weight is 1020 g/mol. The maximum absolute atomic E-state index is 14.0. The van der Waals surface area contributed by atoms with Crippen LogP contribution < -0.4 is 0 Å². The second-order valence-electron chi connectivity index (χ2n) is 15.9. The van der Waals surface area contributed by atoms with Crippen LogP contribution >= 0.6 is 82.2 Å². The summed E-state index contributed by atoms with van der Waals surface area (Å²) in [5.41, 5.74) is -2.33. The van der Waals surface area contributed by atoms with E-state index in [2.05, 4.69) is 12.6 Å². The minimum Gasteiger partial charge on any atom is -0.456 e. The van der Waals surface area contributed by atoms with E-state index < -0.39 is 74.9 Å². The number of thiol groups is 1. The normalized spacial score (nSPS) is 13.4. The fraction of sp³-hybridized carbons (Fsp3) is 0.318. The lowest BCUT2D eigenvalue weighted by molar-refractivity contribution is -0.160. The number of allylic oxidation sites excluding steroid dienone is 2. The van der Waals surface area contributed by atoms with E-state index in [0.29, 0.717) is 17.2 Å². The van der Waals surface area contributed by atoms with Gasteiger partial charge in [0.1, 0.15) is 15.9 Å². The molecule has 4 aromatic carbocycles. The summed E-state index contributed by atoms with van der Waals surface area (Å²) in [6.45, 7) is 13.4. The Morgan fingerprint density at radius 2 is 0.968 bits per heavy atom. The average Bonchev–Trinajstić information content (AvgIpc) is 3.12. The Labute approximate surface area is 395 Å². The Bertz CT molecular complexity index is 2430. The van der Waals surface area contributed by atoms with Crippen molar-refractivity contribution in [1.29, 1.82) is 0 Å². The highest BCUT2D eigenvalue weighted by atomic mass is 35.5. The zero-order valence-corrected chi connectivity index (χ0v) is 39.9. The predicted molar refractivity (Wildman–Crippen MR) is 240 cm³/mol. The molecule has 0 aliphatic heterocycles. The van der Waals surface area contributed by atoms with Gasteiger partial charge in [0.05, 0.1) is 46.8 Å². The third-order valence-corrected chi connectivity index (χ3v) is 11.6. The molecule has 1 atom stereocenters. The molecule has 340 valence electrons. The van der Waals surface area contributed by atoms with E-state index in [9.17, 15) is 45.5 Å². The van der Waals surface area contributed by atoms with Crippen molar-refractivity contribution >= 4 is 111 Å². The zero-order chi connectivity index (χ0) is 48.4. The predicted octanol–water partition coefficient (Wildman–Crippen LogP) is 15.6. The van der Waals surface area contributed by atoms with Gasteiger partial charge in [-0.15, -0.1) is 0 Å². The van der Waals surface area contributed by atoms with E-state index >= 15 is 0 Å². The number of hydrogen-bond acceptors (Lipinski definition) is 7. The molecule has 19 heteroatoms. The minimum absolute atomic E-state index is 0.0105. The lowest BCUT2D eigenvalue weighted by Gasteiger charge is -2.31. The van der Waals surface area contributed by atoms with Crippen LogP contribution in [0.15, 0.2) is 66.7 Å². The van der Waals surface area contributed by atoms with Gasteiger partial charge in [0, 0.05) is 17.5 Å². The second kappa shape index (κ2) is 20.4. The quantitative estimate of drug-likeness (QED) is 0.0449. The molecule has 0 saturated heterocycles. The number of carbonyl (C=O) groups excluding carboxylic acids is 4. The SMILES string of the molecule is Cc1cc(C(=O)/C=C(\c2cc(Cl)c(Cl)c(Cl)c2)C(F)(F)F)ccc1C(=O)OC(C)(C)C.Cc1cc(C(=O)CC(S)(c2cc(Cl)c(Cl)c(Cl)c2)C(F)(F)F)ccc1C(=O)OC(C)(C)C. The second-order valence-corrected chi connectivity index (χ2v) is 19.1. The third kappa shape index (κ3) is 14.3. The Balaban J connectivity index is 0.000000335. The monoisotopic (exact) mass is 1020 g/mol. The van der Waals surface area contributed by atoms with Crippen LogP contribution in [0, 0.1) is 13.8 Å². The molecule has 0 aliphatic carbocycles. The third-order valence-electron chi connectivity index (χ3n) is 8.52. The molecule has 63 heavy (non-hydrogen) atoms. The van der Waals surface area contributed by atoms with Crippen molar-refractivity contribution in [1.82, 2.24) is 0 Å². The summed E-state index contributed by atoms with van der Waals surface area (Å²) in [7, 11) is 0. The van der Waals surface area contributed by atoms with Gasteiger partial charge in [-0.25, -0.2) is 9.59 Å². The molecular formula is C44H38Cl6F6O6S. The van der Waals surface area contributed by atoms with Crippen molar-refractivity contribution in [2.24, 2.45) is 0 Å². The number of benzene rings is 4. The van der Waals surface area contributed by atoms with Gasteiger partial charge in [-0.2, -0.15) is 39.0 Å². The first-order valence-electron chi connectivity index (χ1n) is 18.2. The molecule has 0 fully saturated rings. The van der Waals surface area contributed by atoms with E-state index in [0.717, 1.165) is 24.3 Å². The summed E-state index contributed by atoms with van der Waals surface area (Å²) in [4.78, 5) is 50.0. The van der Waals surface area contributed by atoms with Gasteiger partial charge in [-0.1, -0.05) is 81.7 Å². The highest BCUT2D eigenvalue weighted by Gasteiger charge is 2.55. The molecule has 1 unspecified atom stereocenters. The molecule has 0 spiro atoms. The van der Waals surface area contributed by atoms with Crippen molar-refractivity contribution in [2.75, 3.05) is 0 Å². The minimum atomic E-state index is -4.92. The Kier molecular flexibility index (Phi) is 17.4. The van der Waals surface area contributed by atoms with Crippen LogP contribution in [0.5, 0.6) is 0 Å². The summed E-state index contributed by atoms with van der Waals surface area (Å²) in [5, 5.41) is -0.930.